The molecule has 1 fully saturated rings. The van der Waals surface area contributed by atoms with E-state index in [1.54, 1.807) is 0 Å². The first kappa shape index (κ1) is 16.0. The molecule has 1 aromatic rings. The Morgan fingerprint density at radius 3 is 2.62 bits per heavy atom. The second-order valence-electron chi connectivity index (χ2n) is 5.43. The Hall–Kier alpha value is -1.39. The molecular weight excluding hydrogens is 264 g/mol. The van der Waals surface area contributed by atoms with Crippen LogP contribution in [0.2, 0.25) is 0 Å². The number of carbonyl (C=O) groups is 1. The van der Waals surface area contributed by atoms with Gasteiger partial charge in [-0.2, -0.15) is 0 Å². The fourth-order valence-electron chi connectivity index (χ4n) is 2.67. The highest BCUT2D eigenvalue weighted by molar-refractivity contribution is 5.85. The van der Waals surface area contributed by atoms with E-state index in [1.165, 1.54) is 0 Å². The minimum absolute atomic E-state index is 0.109. The topological polar surface area (TPSA) is 41.6 Å². The van der Waals surface area contributed by atoms with Crippen molar-refractivity contribution in [2.75, 3.05) is 19.8 Å². The van der Waals surface area contributed by atoms with Gasteiger partial charge in [0.2, 0.25) is 5.91 Å². The Morgan fingerprint density at radius 2 is 1.95 bits per heavy atom. The number of rotatable bonds is 8. The summed E-state index contributed by atoms with van der Waals surface area (Å²) in [6, 6.07) is 9.71. The minimum atomic E-state index is -0.216. The highest BCUT2D eigenvalue weighted by atomic mass is 16.5. The van der Waals surface area contributed by atoms with Crippen molar-refractivity contribution in [1.29, 1.82) is 0 Å². The summed E-state index contributed by atoms with van der Waals surface area (Å²) in [5.41, 5.74) is 1.04. The van der Waals surface area contributed by atoms with E-state index < -0.39 is 0 Å². The van der Waals surface area contributed by atoms with Crippen LogP contribution < -0.4 is 5.32 Å². The Bertz CT molecular complexity index is 436. The van der Waals surface area contributed by atoms with Crippen molar-refractivity contribution >= 4 is 5.91 Å². The molecule has 0 aromatic heterocycles. The van der Waals surface area contributed by atoms with Gasteiger partial charge in [0.25, 0.3) is 0 Å². The summed E-state index contributed by atoms with van der Waals surface area (Å²) in [6.07, 6.45) is 3.23. The molecule has 1 aliphatic rings. The van der Waals surface area contributed by atoms with Gasteiger partial charge in [0.15, 0.2) is 0 Å². The average Bonchev–Trinajstić information content (AvgIpc) is 2.84. The van der Waals surface area contributed by atoms with Gasteiger partial charge >= 0.3 is 0 Å². The molecule has 2 rings (SSSR count). The molecule has 4 heteroatoms. The molecule has 1 aromatic carbocycles. The molecule has 1 saturated heterocycles. The predicted octanol–water partition coefficient (Wildman–Crippen LogP) is 2.71. The van der Waals surface area contributed by atoms with Crippen molar-refractivity contribution in [3.8, 4) is 0 Å². The molecule has 1 amide bonds. The van der Waals surface area contributed by atoms with Gasteiger partial charge in [-0.15, -0.1) is 0 Å². The zero-order chi connectivity index (χ0) is 15.1. The first-order valence-corrected chi connectivity index (χ1v) is 7.97. The lowest BCUT2D eigenvalue weighted by atomic mass is 10.1. The lowest BCUT2D eigenvalue weighted by molar-refractivity contribution is -0.130. The quantitative estimate of drug-likeness (QED) is 0.749. The molecule has 0 saturated carbocycles. The molecule has 2 unspecified atom stereocenters. The van der Waals surface area contributed by atoms with Crippen LogP contribution in [0.1, 0.15) is 44.7 Å². The monoisotopic (exact) mass is 290 g/mol. The van der Waals surface area contributed by atoms with Crippen LogP contribution in [0.4, 0.5) is 0 Å². The minimum Gasteiger partial charge on any atom is -0.380 e. The zero-order valence-corrected chi connectivity index (χ0v) is 13.0. The molecule has 116 valence electrons. The summed E-state index contributed by atoms with van der Waals surface area (Å²) in [6.45, 7) is 6.31. The molecule has 21 heavy (non-hydrogen) atoms. The second-order valence-corrected chi connectivity index (χ2v) is 5.43. The lowest BCUT2D eigenvalue weighted by Gasteiger charge is -2.22. The van der Waals surface area contributed by atoms with E-state index in [9.17, 15) is 4.79 Å². The number of amides is 1. The number of hydrogen-bond donors (Lipinski definition) is 1. The van der Waals surface area contributed by atoms with Crippen molar-refractivity contribution in [2.24, 2.45) is 0 Å². The number of carbonyl (C=O) groups excluding carboxylic acids is 1. The highest BCUT2D eigenvalue weighted by Crippen LogP contribution is 2.25. The van der Waals surface area contributed by atoms with Gasteiger partial charge in [-0.1, -0.05) is 50.6 Å². The average molecular weight is 290 g/mol. The molecule has 0 bridgehead atoms. The summed E-state index contributed by atoms with van der Waals surface area (Å²) < 4.78 is 5.60. The zero-order valence-electron chi connectivity index (χ0n) is 13.0. The molecule has 4 nitrogen and oxygen atoms in total. The van der Waals surface area contributed by atoms with Crippen LogP contribution in [0.15, 0.2) is 30.3 Å². The molecule has 0 radical (unpaired) electrons. The van der Waals surface area contributed by atoms with Gasteiger partial charge in [-0.3, -0.25) is 10.1 Å². The van der Waals surface area contributed by atoms with Crippen LogP contribution >= 0.6 is 0 Å². The van der Waals surface area contributed by atoms with Crippen molar-refractivity contribution in [3.63, 3.8) is 0 Å². The maximum absolute atomic E-state index is 12.6. The van der Waals surface area contributed by atoms with Crippen LogP contribution in [-0.4, -0.2) is 36.7 Å². The normalized spacial score (nSPS) is 22.0. The van der Waals surface area contributed by atoms with Crippen LogP contribution in [0.5, 0.6) is 0 Å². The lowest BCUT2D eigenvalue weighted by Crippen LogP contribution is -2.39. The maximum atomic E-state index is 12.6. The molecule has 2 atom stereocenters. The van der Waals surface area contributed by atoms with Gasteiger partial charge < -0.3 is 9.64 Å². The highest BCUT2D eigenvalue weighted by Gasteiger charge is 2.38. The Kier molecular flexibility index (Phi) is 6.21. The van der Waals surface area contributed by atoms with E-state index in [1.807, 2.05) is 35.2 Å². The van der Waals surface area contributed by atoms with E-state index in [2.05, 4.69) is 19.2 Å². The molecule has 1 aliphatic heterocycles. The summed E-state index contributed by atoms with van der Waals surface area (Å²) in [5.74, 6) is 0.159. The second kappa shape index (κ2) is 8.15. The summed E-state index contributed by atoms with van der Waals surface area (Å²) >= 11 is 0. The van der Waals surface area contributed by atoms with Crippen molar-refractivity contribution < 1.29 is 9.53 Å². The largest absolute Gasteiger partial charge is 0.380 e. The number of unbranched alkanes of at least 4 members (excludes halogenated alkanes) is 1. The fraction of sp³-hybridized carbons (Fsp3) is 0.588. The Labute approximate surface area is 127 Å². The predicted molar refractivity (Wildman–Crippen MR) is 83.8 cm³/mol. The molecule has 0 aliphatic carbocycles. The molecule has 0 spiro atoms. The van der Waals surface area contributed by atoms with E-state index in [0.29, 0.717) is 13.2 Å². The first-order valence-electron chi connectivity index (χ1n) is 7.97. The van der Waals surface area contributed by atoms with Crippen LogP contribution in [-0.2, 0) is 9.53 Å². The standard InChI is InChI=1S/C17H26N2O2/c1-3-5-12-21-13-11-19-15(4-2)18-16(17(19)20)14-9-7-6-8-10-14/h6-10,15-16,18H,3-5,11-13H2,1-2H3. The van der Waals surface area contributed by atoms with Gasteiger partial charge in [0.05, 0.1) is 12.8 Å². The summed E-state index contributed by atoms with van der Waals surface area (Å²) in [7, 11) is 0. The van der Waals surface area contributed by atoms with Gasteiger partial charge in [0.1, 0.15) is 6.04 Å². The van der Waals surface area contributed by atoms with Crippen LogP contribution in [0.25, 0.3) is 0 Å². The van der Waals surface area contributed by atoms with E-state index >= 15 is 0 Å². The Balaban J connectivity index is 1.93. The third kappa shape index (κ3) is 4.05. The third-order valence-corrected chi connectivity index (χ3v) is 3.90. The number of ether oxygens (including phenoxy) is 1. The van der Waals surface area contributed by atoms with Gasteiger partial charge in [-0.25, -0.2) is 0 Å². The smallest absolute Gasteiger partial charge is 0.245 e. The molecule has 1 heterocycles. The fourth-order valence-corrected chi connectivity index (χ4v) is 2.67. The molecular formula is C17H26N2O2. The first-order chi connectivity index (χ1) is 10.3. The van der Waals surface area contributed by atoms with E-state index in [4.69, 9.17) is 4.74 Å². The number of nitrogens with zero attached hydrogens (tertiary/aromatic N) is 1. The van der Waals surface area contributed by atoms with E-state index in [0.717, 1.165) is 31.4 Å². The number of hydrogen-bond acceptors (Lipinski definition) is 3. The molecule has 1 N–H and O–H groups in total. The van der Waals surface area contributed by atoms with Crippen molar-refractivity contribution in [1.82, 2.24) is 10.2 Å². The number of nitrogens with one attached hydrogen (secondary N) is 1. The summed E-state index contributed by atoms with van der Waals surface area (Å²) in [4.78, 5) is 14.5. The third-order valence-electron chi connectivity index (χ3n) is 3.90. The van der Waals surface area contributed by atoms with Crippen molar-refractivity contribution in [3.05, 3.63) is 35.9 Å². The Morgan fingerprint density at radius 1 is 1.19 bits per heavy atom. The van der Waals surface area contributed by atoms with Crippen molar-refractivity contribution in [2.45, 2.75) is 45.3 Å². The van der Waals surface area contributed by atoms with Crippen LogP contribution in [0.3, 0.4) is 0 Å². The number of benzene rings is 1. The van der Waals surface area contributed by atoms with Gasteiger partial charge in [0, 0.05) is 13.2 Å². The summed E-state index contributed by atoms with van der Waals surface area (Å²) in [5, 5.41) is 3.43. The van der Waals surface area contributed by atoms with E-state index in [-0.39, 0.29) is 18.1 Å². The van der Waals surface area contributed by atoms with Crippen LogP contribution in [0, 0.1) is 0 Å². The SMILES string of the molecule is CCCCOCCN1C(=O)C(c2ccccc2)NC1CC. The maximum Gasteiger partial charge on any atom is 0.245 e. The van der Waals surface area contributed by atoms with Gasteiger partial charge in [-0.05, 0) is 18.4 Å².